The van der Waals surface area contributed by atoms with Gasteiger partial charge in [0, 0.05) is 38.8 Å². The van der Waals surface area contributed by atoms with E-state index in [0.29, 0.717) is 31.9 Å². The second-order valence-corrected chi connectivity index (χ2v) is 15.5. The standard InChI is InChI=1S/C44H84ClN3O2/c1-4-6-8-10-12-14-16-18-20-22-24-26-28-30-32-36-43(49)46-38-34-40-48(3,42-45)41-35-39-47-44(50)37-33-31-29-27-25-23-21-19-17-15-13-11-9-7-5-2/h18-21H,4-17,22-42H2,1-3H3,(H-,46,47,49,50)/p+1/b20-18+,21-19+. The Balaban J connectivity index is 3.62. The molecule has 0 unspecified atom stereocenters. The lowest BCUT2D eigenvalue weighted by molar-refractivity contribution is -0.899. The highest BCUT2D eigenvalue weighted by atomic mass is 35.5. The number of nitrogens with one attached hydrogen (secondary N) is 2. The highest BCUT2D eigenvalue weighted by Crippen LogP contribution is 2.12. The maximum Gasteiger partial charge on any atom is 0.219 e. The van der Waals surface area contributed by atoms with Crippen LogP contribution in [-0.4, -0.2) is 55.5 Å². The first-order valence-electron chi connectivity index (χ1n) is 21.7. The molecule has 294 valence electrons. The fourth-order valence-corrected chi connectivity index (χ4v) is 6.74. The van der Waals surface area contributed by atoms with E-state index < -0.39 is 0 Å². The second kappa shape index (κ2) is 38.9. The number of rotatable bonds is 39. The van der Waals surface area contributed by atoms with E-state index in [1.54, 1.807) is 0 Å². The lowest BCUT2D eigenvalue weighted by Crippen LogP contribution is -2.46. The molecule has 0 fully saturated rings. The van der Waals surface area contributed by atoms with E-state index in [4.69, 9.17) is 11.6 Å². The average molecular weight is 724 g/mol. The van der Waals surface area contributed by atoms with Gasteiger partial charge in [-0.2, -0.15) is 0 Å². The third kappa shape index (κ3) is 36.5. The molecule has 5 nitrogen and oxygen atoms in total. The normalized spacial score (nSPS) is 12.0. The van der Waals surface area contributed by atoms with Gasteiger partial charge in [0.1, 0.15) is 0 Å². The SMILES string of the molecule is CCCCCCCC/C=C/CCCCCCCC(=O)NCCC[N+](C)(CCl)CCCNC(=O)CCCCCCC/C=C/CCCCCCCC. The molecule has 0 heterocycles. The zero-order valence-corrected chi connectivity index (χ0v) is 34.5. The van der Waals surface area contributed by atoms with Crippen LogP contribution in [0, 0.1) is 0 Å². The smallest absolute Gasteiger partial charge is 0.219 e. The van der Waals surface area contributed by atoms with Crippen LogP contribution in [0.4, 0.5) is 0 Å². The number of halogens is 1. The van der Waals surface area contributed by atoms with Crippen molar-refractivity contribution in [2.24, 2.45) is 0 Å². The molecule has 0 aliphatic carbocycles. The monoisotopic (exact) mass is 723 g/mol. The van der Waals surface area contributed by atoms with Gasteiger partial charge < -0.3 is 15.1 Å². The van der Waals surface area contributed by atoms with Gasteiger partial charge in [-0.1, -0.05) is 152 Å². The van der Waals surface area contributed by atoms with Gasteiger partial charge in [-0.15, -0.1) is 0 Å². The summed E-state index contributed by atoms with van der Waals surface area (Å²) in [4.78, 5) is 24.5. The van der Waals surface area contributed by atoms with Gasteiger partial charge in [-0.05, 0) is 64.2 Å². The van der Waals surface area contributed by atoms with Gasteiger partial charge in [-0.25, -0.2) is 0 Å². The number of hydrogen-bond acceptors (Lipinski definition) is 2. The molecule has 0 aliphatic rings. The number of carbonyl (C=O) groups excluding carboxylic acids is 2. The summed E-state index contributed by atoms with van der Waals surface area (Å²) in [6.45, 7) is 7.82. The minimum Gasteiger partial charge on any atom is -0.356 e. The highest BCUT2D eigenvalue weighted by Gasteiger charge is 2.19. The van der Waals surface area contributed by atoms with Gasteiger partial charge in [0.05, 0.1) is 20.1 Å². The highest BCUT2D eigenvalue weighted by molar-refractivity contribution is 6.16. The lowest BCUT2D eigenvalue weighted by Gasteiger charge is -2.32. The maximum atomic E-state index is 12.3. The predicted octanol–water partition coefficient (Wildman–Crippen LogP) is 12.7. The van der Waals surface area contributed by atoms with Crippen molar-refractivity contribution in [2.45, 2.75) is 206 Å². The summed E-state index contributed by atoms with van der Waals surface area (Å²) in [6, 6.07) is 0.547. The quantitative estimate of drug-likeness (QED) is 0.0218. The van der Waals surface area contributed by atoms with Crippen molar-refractivity contribution in [2.75, 3.05) is 39.2 Å². The largest absolute Gasteiger partial charge is 0.356 e. The summed E-state index contributed by atoms with van der Waals surface area (Å²) in [5, 5.41) is 6.21. The average Bonchev–Trinajstić information content (AvgIpc) is 3.12. The first-order chi connectivity index (χ1) is 24.5. The number of unbranched alkanes of at least 4 members (excludes halogenated alkanes) is 22. The first-order valence-corrected chi connectivity index (χ1v) is 22.2. The number of nitrogens with zero attached hydrogens (tertiary/aromatic N) is 1. The topological polar surface area (TPSA) is 58.2 Å². The molecular formula is C44H85ClN3O2+. The summed E-state index contributed by atoms with van der Waals surface area (Å²) in [5.74, 6) is 0.355. The molecule has 50 heavy (non-hydrogen) atoms. The number of hydrogen-bond donors (Lipinski definition) is 2. The summed E-state index contributed by atoms with van der Waals surface area (Å²) in [7, 11) is 2.17. The summed E-state index contributed by atoms with van der Waals surface area (Å²) < 4.78 is 0.760. The van der Waals surface area contributed by atoms with E-state index in [2.05, 4.69) is 55.8 Å². The van der Waals surface area contributed by atoms with Gasteiger partial charge in [0.15, 0.2) is 6.00 Å². The van der Waals surface area contributed by atoms with Crippen molar-refractivity contribution in [3.05, 3.63) is 24.3 Å². The molecule has 2 amide bonds. The molecular weight excluding hydrogens is 638 g/mol. The Kier molecular flexibility index (Phi) is 37.9. The molecule has 6 heteroatoms. The van der Waals surface area contributed by atoms with E-state index in [1.165, 1.54) is 141 Å². The van der Waals surface area contributed by atoms with Crippen molar-refractivity contribution in [1.82, 2.24) is 10.6 Å². The predicted molar refractivity (Wildman–Crippen MR) is 221 cm³/mol. The molecule has 0 rings (SSSR count). The fourth-order valence-electron chi connectivity index (χ4n) is 6.50. The van der Waals surface area contributed by atoms with Crippen molar-refractivity contribution >= 4 is 23.4 Å². The van der Waals surface area contributed by atoms with Crippen LogP contribution in [0.1, 0.15) is 206 Å². The Hall–Kier alpha value is -1.33. The van der Waals surface area contributed by atoms with Crippen LogP contribution in [0.5, 0.6) is 0 Å². The first kappa shape index (κ1) is 48.7. The number of amides is 2. The van der Waals surface area contributed by atoms with Gasteiger partial charge >= 0.3 is 0 Å². The molecule has 0 radical (unpaired) electrons. The molecule has 2 N–H and O–H groups in total. The molecule has 0 aromatic rings. The summed E-state index contributed by atoms with van der Waals surface area (Å²) in [5.41, 5.74) is 0. The van der Waals surface area contributed by atoms with Gasteiger partial charge in [0.2, 0.25) is 11.8 Å². The third-order valence-corrected chi connectivity index (χ3v) is 10.6. The number of alkyl halides is 1. The zero-order valence-electron chi connectivity index (χ0n) is 33.7. The van der Waals surface area contributed by atoms with Crippen LogP contribution < -0.4 is 10.6 Å². The van der Waals surface area contributed by atoms with Gasteiger partial charge in [0.25, 0.3) is 0 Å². The lowest BCUT2D eigenvalue weighted by atomic mass is 10.1. The van der Waals surface area contributed by atoms with Crippen LogP contribution in [0.3, 0.4) is 0 Å². The van der Waals surface area contributed by atoms with Crippen molar-refractivity contribution in [3.63, 3.8) is 0 Å². The zero-order chi connectivity index (χ0) is 36.6. The molecule has 0 aromatic heterocycles. The van der Waals surface area contributed by atoms with Crippen molar-refractivity contribution in [3.8, 4) is 0 Å². The molecule has 0 bridgehead atoms. The second-order valence-electron chi connectivity index (χ2n) is 15.3. The molecule has 0 aromatic carbocycles. The molecule has 0 atom stereocenters. The minimum absolute atomic E-state index is 0.177. The fraction of sp³-hybridized carbons (Fsp3) is 0.864. The van der Waals surface area contributed by atoms with Crippen LogP contribution in [0.25, 0.3) is 0 Å². The Morgan fingerprint density at radius 1 is 0.460 bits per heavy atom. The van der Waals surface area contributed by atoms with Crippen LogP contribution >= 0.6 is 11.6 Å². The van der Waals surface area contributed by atoms with E-state index >= 15 is 0 Å². The molecule has 0 aliphatic heterocycles. The van der Waals surface area contributed by atoms with E-state index in [0.717, 1.165) is 56.1 Å². The maximum absolute atomic E-state index is 12.3. The number of carbonyl (C=O) groups is 2. The van der Waals surface area contributed by atoms with E-state index in [9.17, 15) is 9.59 Å². The number of allylic oxidation sites excluding steroid dienone is 4. The van der Waals surface area contributed by atoms with Crippen LogP contribution in [0.2, 0.25) is 0 Å². The Labute approximate surface area is 317 Å². The minimum atomic E-state index is 0.177. The van der Waals surface area contributed by atoms with Crippen LogP contribution in [0.15, 0.2) is 24.3 Å². The van der Waals surface area contributed by atoms with Crippen molar-refractivity contribution < 1.29 is 14.1 Å². The number of quaternary nitrogens is 1. The molecule has 0 saturated carbocycles. The Bertz CT molecular complexity index is 740. The van der Waals surface area contributed by atoms with Crippen molar-refractivity contribution in [1.29, 1.82) is 0 Å². The summed E-state index contributed by atoms with van der Waals surface area (Å²) >= 11 is 6.34. The summed E-state index contributed by atoms with van der Waals surface area (Å²) in [6.07, 6.45) is 45.7. The Morgan fingerprint density at radius 3 is 1.08 bits per heavy atom. The van der Waals surface area contributed by atoms with Gasteiger partial charge in [-0.3, -0.25) is 9.59 Å². The Morgan fingerprint density at radius 2 is 0.760 bits per heavy atom. The van der Waals surface area contributed by atoms with Crippen LogP contribution in [-0.2, 0) is 9.59 Å². The van der Waals surface area contributed by atoms with E-state index in [1.807, 2.05) is 0 Å². The molecule has 0 saturated heterocycles. The molecule has 0 spiro atoms. The van der Waals surface area contributed by atoms with E-state index in [-0.39, 0.29) is 11.8 Å². The third-order valence-electron chi connectivity index (χ3n) is 10.0.